The van der Waals surface area contributed by atoms with Crippen molar-refractivity contribution >= 4 is 32.3 Å². The summed E-state index contributed by atoms with van der Waals surface area (Å²) in [5, 5.41) is 14.0. The predicted molar refractivity (Wildman–Crippen MR) is 99.6 cm³/mol. The molecule has 0 radical (unpaired) electrons. The minimum atomic E-state index is -3.85. The van der Waals surface area contributed by atoms with E-state index in [-0.39, 0.29) is 4.90 Å². The van der Waals surface area contributed by atoms with Crippen molar-refractivity contribution in [2.24, 2.45) is 5.41 Å². The van der Waals surface area contributed by atoms with Crippen molar-refractivity contribution in [3.8, 4) is 6.07 Å². The molecule has 3 aromatic rings. The highest BCUT2D eigenvalue weighted by Crippen LogP contribution is 2.46. The number of aromatic nitrogens is 3. The molecule has 2 heterocycles. The van der Waals surface area contributed by atoms with Crippen molar-refractivity contribution in [1.29, 1.82) is 5.26 Å². The summed E-state index contributed by atoms with van der Waals surface area (Å²) in [6.45, 7) is 9.51. The number of fused-ring (bicyclic) bond motifs is 1. The topological polar surface area (TPSA) is 108 Å². The largest absolute Gasteiger partial charge is 0.370 e. The van der Waals surface area contributed by atoms with Crippen molar-refractivity contribution < 1.29 is 8.42 Å². The fraction of sp³-hybridized carbons (Fsp3) is 0.278. The molecule has 1 aromatic carbocycles. The quantitative estimate of drug-likeness (QED) is 0.662. The van der Waals surface area contributed by atoms with Gasteiger partial charge in [-0.15, -0.1) is 0 Å². The predicted octanol–water partition coefficient (Wildman–Crippen LogP) is 3.33. The van der Waals surface area contributed by atoms with Gasteiger partial charge in [0.25, 0.3) is 10.0 Å². The summed E-state index contributed by atoms with van der Waals surface area (Å²) in [6, 6.07) is 5.71. The average molecular weight is 380 g/mol. The standard InChI is InChI=1S/C18H16N6O2S/c1-12-3-4-14(17-16(12)15(20-2)8-21-17)23-27(25,26)13-7-22-24(9-13)11-18(10-19)5-6-18/h3-4,7-9,21,23H,5-6,11H2,1H3. The minimum Gasteiger partial charge on any atom is -0.370 e. The molecule has 4 rings (SSSR count). The van der Waals surface area contributed by atoms with Gasteiger partial charge in [0.2, 0.25) is 5.69 Å². The number of rotatable bonds is 5. The van der Waals surface area contributed by atoms with Crippen molar-refractivity contribution in [2.75, 3.05) is 4.72 Å². The fourth-order valence-corrected chi connectivity index (χ4v) is 4.14. The van der Waals surface area contributed by atoms with Crippen molar-refractivity contribution in [1.82, 2.24) is 14.8 Å². The molecule has 0 saturated heterocycles. The molecule has 1 aliphatic carbocycles. The van der Waals surface area contributed by atoms with E-state index in [9.17, 15) is 13.7 Å². The third-order valence-electron chi connectivity index (χ3n) is 4.86. The molecule has 0 atom stereocenters. The highest BCUT2D eigenvalue weighted by molar-refractivity contribution is 7.92. The summed E-state index contributed by atoms with van der Waals surface area (Å²) in [4.78, 5) is 6.48. The van der Waals surface area contributed by atoms with Gasteiger partial charge in [0.05, 0.1) is 42.0 Å². The third-order valence-corrected chi connectivity index (χ3v) is 6.18. The number of nitrogens with zero attached hydrogens (tertiary/aromatic N) is 4. The zero-order chi connectivity index (χ0) is 19.2. The monoisotopic (exact) mass is 380 g/mol. The van der Waals surface area contributed by atoms with Gasteiger partial charge in [-0.2, -0.15) is 10.4 Å². The molecule has 2 N–H and O–H groups in total. The average Bonchev–Trinajstić information content (AvgIpc) is 3.06. The maximum atomic E-state index is 12.8. The van der Waals surface area contributed by atoms with E-state index in [1.54, 1.807) is 18.3 Å². The number of benzene rings is 1. The number of anilines is 1. The van der Waals surface area contributed by atoms with Crippen LogP contribution in [-0.4, -0.2) is 23.2 Å². The number of hydrogen-bond donors (Lipinski definition) is 2. The lowest BCUT2D eigenvalue weighted by molar-refractivity contribution is 0.485. The lowest BCUT2D eigenvalue weighted by Crippen LogP contribution is -2.13. The van der Waals surface area contributed by atoms with Gasteiger partial charge in [0.15, 0.2) is 0 Å². The van der Waals surface area contributed by atoms with Crippen LogP contribution in [0.1, 0.15) is 18.4 Å². The first-order valence-electron chi connectivity index (χ1n) is 8.32. The summed E-state index contributed by atoms with van der Waals surface area (Å²) in [7, 11) is -3.85. The van der Waals surface area contributed by atoms with Gasteiger partial charge >= 0.3 is 0 Å². The van der Waals surface area contributed by atoms with Crippen molar-refractivity contribution in [3.05, 3.63) is 47.7 Å². The molecule has 136 valence electrons. The number of H-pyrrole nitrogens is 1. The van der Waals surface area contributed by atoms with Gasteiger partial charge in [-0.1, -0.05) is 11.6 Å². The highest BCUT2D eigenvalue weighted by Gasteiger charge is 2.43. The summed E-state index contributed by atoms with van der Waals surface area (Å²) in [5.41, 5.74) is 1.86. The molecule has 27 heavy (non-hydrogen) atoms. The van der Waals surface area contributed by atoms with E-state index in [1.807, 2.05) is 6.92 Å². The molecule has 1 saturated carbocycles. The Morgan fingerprint density at radius 3 is 2.93 bits per heavy atom. The first-order chi connectivity index (χ1) is 12.9. The van der Waals surface area contributed by atoms with Crippen LogP contribution in [0.15, 0.2) is 35.6 Å². The first-order valence-corrected chi connectivity index (χ1v) is 9.80. The minimum absolute atomic E-state index is 0.0296. The van der Waals surface area contributed by atoms with Gasteiger partial charge in [-0.25, -0.2) is 13.3 Å². The summed E-state index contributed by atoms with van der Waals surface area (Å²) < 4.78 is 29.6. The zero-order valence-corrected chi connectivity index (χ0v) is 15.3. The molecule has 8 nitrogen and oxygen atoms in total. The van der Waals surface area contributed by atoms with E-state index in [1.165, 1.54) is 17.1 Å². The lowest BCUT2D eigenvalue weighted by atomic mass is 10.1. The molecule has 0 unspecified atom stereocenters. The van der Waals surface area contributed by atoms with E-state index in [0.29, 0.717) is 28.8 Å². The smallest absolute Gasteiger partial charge is 0.265 e. The Morgan fingerprint density at radius 2 is 2.26 bits per heavy atom. The first kappa shape index (κ1) is 17.1. The van der Waals surface area contributed by atoms with E-state index < -0.39 is 15.4 Å². The second kappa shape index (κ2) is 5.86. The van der Waals surface area contributed by atoms with Crippen LogP contribution < -0.4 is 4.72 Å². The van der Waals surface area contributed by atoms with Crippen LogP contribution >= 0.6 is 0 Å². The molecule has 0 amide bonds. The summed E-state index contributed by atoms with van der Waals surface area (Å²) in [6.07, 6.45) is 5.89. The molecule has 0 aliphatic heterocycles. The number of nitrogens with one attached hydrogen (secondary N) is 2. The van der Waals surface area contributed by atoms with Crippen LogP contribution in [0.4, 0.5) is 11.4 Å². The van der Waals surface area contributed by atoms with E-state index in [4.69, 9.17) is 6.57 Å². The number of sulfonamides is 1. The molecular weight excluding hydrogens is 364 g/mol. The molecule has 1 aliphatic rings. The Balaban J connectivity index is 1.65. The normalized spacial score (nSPS) is 15.2. The van der Waals surface area contributed by atoms with E-state index >= 15 is 0 Å². The maximum Gasteiger partial charge on any atom is 0.265 e. The third kappa shape index (κ3) is 2.92. The Bertz CT molecular complexity index is 1240. The van der Waals surface area contributed by atoms with Crippen LogP contribution in [0.3, 0.4) is 0 Å². The van der Waals surface area contributed by atoms with Gasteiger partial charge in [0, 0.05) is 17.8 Å². The Kier molecular flexibility index (Phi) is 3.72. The molecule has 1 fully saturated rings. The van der Waals surface area contributed by atoms with E-state index in [2.05, 4.69) is 25.7 Å². The summed E-state index contributed by atoms with van der Waals surface area (Å²) in [5.74, 6) is 0. The number of aromatic amines is 1. The van der Waals surface area contributed by atoms with Crippen LogP contribution in [-0.2, 0) is 16.6 Å². The fourth-order valence-electron chi connectivity index (χ4n) is 3.11. The Hall–Kier alpha value is -3.30. The molecular formula is C18H16N6O2S. The van der Waals surface area contributed by atoms with Crippen LogP contribution in [0, 0.1) is 30.2 Å². The number of nitriles is 1. The highest BCUT2D eigenvalue weighted by atomic mass is 32.2. The molecule has 0 bridgehead atoms. The molecule has 0 spiro atoms. The number of aryl methyl sites for hydroxylation is 1. The maximum absolute atomic E-state index is 12.8. The second-order valence-corrected chi connectivity index (χ2v) is 8.52. The van der Waals surface area contributed by atoms with Crippen molar-refractivity contribution in [3.63, 3.8) is 0 Å². The number of hydrogen-bond acceptors (Lipinski definition) is 4. The van der Waals surface area contributed by atoms with Crippen LogP contribution in [0.25, 0.3) is 15.7 Å². The molecule has 2 aromatic heterocycles. The second-order valence-electron chi connectivity index (χ2n) is 6.84. The van der Waals surface area contributed by atoms with Gasteiger partial charge < -0.3 is 4.98 Å². The Labute approximate surface area is 156 Å². The van der Waals surface area contributed by atoms with Crippen LogP contribution in [0.5, 0.6) is 0 Å². The van der Waals surface area contributed by atoms with E-state index in [0.717, 1.165) is 18.4 Å². The molecule has 9 heteroatoms. The summed E-state index contributed by atoms with van der Waals surface area (Å²) >= 11 is 0. The van der Waals surface area contributed by atoms with Gasteiger partial charge in [-0.05, 0) is 25.8 Å². The van der Waals surface area contributed by atoms with Crippen LogP contribution in [0.2, 0.25) is 0 Å². The lowest BCUT2D eigenvalue weighted by Gasteiger charge is -2.09. The Morgan fingerprint density at radius 1 is 1.48 bits per heavy atom. The SMILES string of the molecule is [C-]#[N+]c1c[nH]c2c(NS(=O)(=O)c3cnn(CC4(C#N)CC4)c3)ccc(C)c12. The van der Waals surface area contributed by atoms with Gasteiger partial charge in [-0.3, -0.25) is 9.40 Å². The van der Waals surface area contributed by atoms with Gasteiger partial charge in [0.1, 0.15) is 4.90 Å². The van der Waals surface area contributed by atoms with Crippen molar-refractivity contribution in [2.45, 2.75) is 31.2 Å². The zero-order valence-electron chi connectivity index (χ0n) is 14.5.